The molecule has 3 heteroatoms. The fourth-order valence-electron chi connectivity index (χ4n) is 2.63. The van der Waals surface area contributed by atoms with E-state index in [2.05, 4.69) is 20.8 Å². The third-order valence-electron chi connectivity index (χ3n) is 3.67. The van der Waals surface area contributed by atoms with Gasteiger partial charge in [-0.3, -0.25) is 0 Å². The molecule has 0 aromatic carbocycles. The summed E-state index contributed by atoms with van der Waals surface area (Å²) in [7, 11) is 0. The van der Waals surface area contributed by atoms with Crippen LogP contribution in [0, 0.1) is 17.8 Å². The lowest BCUT2D eigenvalue weighted by molar-refractivity contribution is -0.0887. The van der Waals surface area contributed by atoms with E-state index in [1.54, 1.807) is 0 Å². The van der Waals surface area contributed by atoms with Crippen molar-refractivity contribution < 1.29 is 14.9 Å². The molecule has 0 aliphatic heterocycles. The first kappa shape index (κ1) is 13.9. The van der Waals surface area contributed by atoms with Crippen LogP contribution in [0.3, 0.4) is 0 Å². The second-order valence-electron chi connectivity index (χ2n) is 5.50. The van der Waals surface area contributed by atoms with Crippen molar-refractivity contribution in [1.82, 2.24) is 0 Å². The standard InChI is InChI=1S/C13H26O3/c1-9(2)11-5-4-10(3)8-12(11)16-7-6-13(14)15/h9-15H,4-8H2,1-3H3. The molecule has 2 N–H and O–H groups in total. The molecular formula is C13H26O3. The van der Waals surface area contributed by atoms with E-state index in [4.69, 9.17) is 14.9 Å². The highest BCUT2D eigenvalue weighted by atomic mass is 16.5. The van der Waals surface area contributed by atoms with Crippen molar-refractivity contribution in [2.24, 2.45) is 17.8 Å². The number of ether oxygens (including phenoxy) is 1. The highest BCUT2D eigenvalue weighted by Crippen LogP contribution is 2.35. The molecule has 3 unspecified atom stereocenters. The Balaban J connectivity index is 2.38. The fraction of sp³-hybridized carbons (Fsp3) is 1.00. The largest absolute Gasteiger partial charge is 0.378 e. The molecule has 16 heavy (non-hydrogen) atoms. The van der Waals surface area contributed by atoms with Crippen molar-refractivity contribution in [3.05, 3.63) is 0 Å². The molecular weight excluding hydrogens is 204 g/mol. The van der Waals surface area contributed by atoms with Crippen molar-refractivity contribution in [1.29, 1.82) is 0 Å². The number of hydrogen-bond donors (Lipinski definition) is 2. The van der Waals surface area contributed by atoms with Crippen LogP contribution < -0.4 is 0 Å². The molecule has 1 aliphatic carbocycles. The van der Waals surface area contributed by atoms with Gasteiger partial charge in [-0.2, -0.15) is 0 Å². The van der Waals surface area contributed by atoms with Gasteiger partial charge in [-0.15, -0.1) is 0 Å². The zero-order valence-corrected chi connectivity index (χ0v) is 10.7. The summed E-state index contributed by atoms with van der Waals surface area (Å²) in [5, 5.41) is 17.6. The van der Waals surface area contributed by atoms with Crippen LogP contribution in [0.4, 0.5) is 0 Å². The van der Waals surface area contributed by atoms with E-state index in [1.807, 2.05) is 0 Å². The predicted octanol–water partition coefficient (Wildman–Crippen LogP) is 2.16. The first-order valence-corrected chi connectivity index (χ1v) is 6.48. The van der Waals surface area contributed by atoms with E-state index >= 15 is 0 Å². The third kappa shape index (κ3) is 4.40. The highest BCUT2D eigenvalue weighted by molar-refractivity contribution is 4.81. The minimum Gasteiger partial charge on any atom is -0.378 e. The molecule has 3 atom stereocenters. The van der Waals surface area contributed by atoms with Crippen molar-refractivity contribution >= 4 is 0 Å². The zero-order chi connectivity index (χ0) is 12.1. The molecule has 96 valence electrons. The van der Waals surface area contributed by atoms with E-state index in [1.165, 1.54) is 12.8 Å². The molecule has 0 aromatic rings. The molecule has 0 amide bonds. The lowest BCUT2D eigenvalue weighted by Crippen LogP contribution is -2.34. The van der Waals surface area contributed by atoms with Gasteiger partial charge in [-0.1, -0.05) is 27.2 Å². The fourth-order valence-corrected chi connectivity index (χ4v) is 2.63. The van der Waals surface area contributed by atoms with Crippen LogP contribution in [-0.2, 0) is 4.74 Å². The Morgan fingerprint density at radius 2 is 1.94 bits per heavy atom. The van der Waals surface area contributed by atoms with Gasteiger partial charge in [0.2, 0.25) is 0 Å². The first-order chi connectivity index (χ1) is 7.50. The molecule has 0 saturated heterocycles. The van der Waals surface area contributed by atoms with Crippen LogP contribution in [0.1, 0.15) is 46.5 Å². The summed E-state index contributed by atoms with van der Waals surface area (Å²) in [4.78, 5) is 0. The zero-order valence-electron chi connectivity index (χ0n) is 10.7. The quantitative estimate of drug-likeness (QED) is 0.712. The second-order valence-corrected chi connectivity index (χ2v) is 5.50. The van der Waals surface area contributed by atoms with Crippen LogP contribution in [0.2, 0.25) is 0 Å². The van der Waals surface area contributed by atoms with Crippen LogP contribution in [0.5, 0.6) is 0 Å². The molecule has 0 heterocycles. The Hall–Kier alpha value is -0.120. The molecule has 0 radical (unpaired) electrons. The Kier molecular flexibility index (Phi) is 5.73. The van der Waals surface area contributed by atoms with Crippen molar-refractivity contribution in [3.8, 4) is 0 Å². The van der Waals surface area contributed by atoms with Crippen LogP contribution in [0.25, 0.3) is 0 Å². The van der Waals surface area contributed by atoms with Crippen LogP contribution in [0.15, 0.2) is 0 Å². The molecule has 1 saturated carbocycles. The van der Waals surface area contributed by atoms with Gasteiger partial charge < -0.3 is 14.9 Å². The van der Waals surface area contributed by atoms with Gasteiger partial charge in [-0.25, -0.2) is 0 Å². The number of rotatable bonds is 5. The molecule has 1 rings (SSSR count). The first-order valence-electron chi connectivity index (χ1n) is 6.48. The Bertz CT molecular complexity index is 192. The predicted molar refractivity (Wildman–Crippen MR) is 63.9 cm³/mol. The topological polar surface area (TPSA) is 49.7 Å². The lowest BCUT2D eigenvalue weighted by atomic mass is 9.75. The van der Waals surface area contributed by atoms with Gasteiger partial charge in [0, 0.05) is 6.42 Å². The van der Waals surface area contributed by atoms with E-state index < -0.39 is 6.29 Å². The van der Waals surface area contributed by atoms with Gasteiger partial charge in [-0.05, 0) is 30.6 Å². The van der Waals surface area contributed by atoms with Crippen molar-refractivity contribution in [3.63, 3.8) is 0 Å². The number of hydrogen-bond acceptors (Lipinski definition) is 3. The molecule has 1 fully saturated rings. The van der Waals surface area contributed by atoms with E-state index in [9.17, 15) is 0 Å². The molecule has 0 aromatic heterocycles. The van der Waals surface area contributed by atoms with E-state index in [0.29, 0.717) is 31.0 Å². The Labute approximate surface area is 98.8 Å². The normalized spacial score (nSPS) is 31.3. The smallest absolute Gasteiger partial charge is 0.153 e. The van der Waals surface area contributed by atoms with E-state index in [-0.39, 0.29) is 0 Å². The molecule has 1 aliphatic rings. The van der Waals surface area contributed by atoms with Gasteiger partial charge in [0.1, 0.15) is 0 Å². The maximum atomic E-state index is 8.78. The van der Waals surface area contributed by atoms with Gasteiger partial charge >= 0.3 is 0 Å². The maximum Gasteiger partial charge on any atom is 0.153 e. The Morgan fingerprint density at radius 1 is 1.25 bits per heavy atom. The van der Waals surface area contributed by atoms with E-state index in [0.717, 1.165) is 12.3 Å². The SMILES string of the molecule is CC1CCC(C(C)C)C(OCCC(O)O)C1. The van der Waals surface area contributed by atoms with Crippen LogP contribution >= 0.6 is 0 Å². The Morgan fingerprint density at radius 3 is 2.50 bits per heavy atom. The monoisotopic (exact) mass is 230 g/mol. The van der Waals surface area contributed by atoms with Gasteiger partial charge in [0.15, 0.2) is 6.29 Å². The second kappa shape index (κ2) is 6.58. The summed E-state index contributed by atoms with van der Waals surface area (Å²) in [6.07, 6.45) is 3.04. The van der Waals surface area contributed by atoms with Gasteiger partial charge in [0.05, 0.1) is 12.7 Å². The number of aliphatic hydroxyl groups is 2. The minimum absolute atomic E-state index is 0.308. The highest BCUT2D eigenvalue weighted by Gasteiger charge is 2.31. The number of aliphatic hydroxyl groups excluding tert-OH is 1. The summed E-state index contributed by atoms with van der Waals surface area (Å²) in [6.45, 7) is 7.22. The molecule has 0 spiro atoms. The molecule has 0 bridgehead atoms. The van der Waals surface area contributed by atoms with Crippen molar-refractivity contribution in [2.75, 3.05) is 6.61 Å². The maximum absolute atomic E-state index is 8.78. The summed E-state index contributed by atoms with van der Waals surface area (Å²) in [5.74, 6) is 2.02. The average Bonchev–Trinajstić information content (AvgIpc) is 2.16. The molecule has 3 nitrogen and oxygen atoms in total. The summed E-state index contributed by atoms with van der Waals surface area (Å²) < 4.78 is 5.82. The van der Waals surface area contributed by atoms with Gasteiger partial charge in [0.25, 0.3) is 0 Å². The summed E-state index contributed by atoms with van der Waals surface area (Å²) in [5.41, 5.74) is 0. The van der Waals surface area contributed by atoms with Crippen molar-refractivity contribution in [2.45, 2.75) is 58.8 Å². The third-order valence-corrected chi connectivity index (χ3v) is 3.67. The lowest BCUT2D eigenvalue weighted by Gasteiger charge is -2.37. The summed E-state index contributed by atoms with van der Waals surface area (Å²) >= 11 is 0. The van der Waals surface area contributed by atoms with Crippen LogP contribution in [-0.4, -0.2) is 29.2 Å². The average molecular weight is 230 g/mol. The minimum atomic E-state index is -1.24. The summed E-state index contributed by atoms with van der Waals surface area (Å²) in [6, 6.07) is 0.